The second-order valence-electron chi connectivity index (χ2n) is 23.4. The number of hydrogen-bond acceptors (Lipinski definition) is 0. The van der Waals surface area contributed by atoms with E-state index in [4.69, 9.17) is 0 Å². The van der Waals surface area contributed by atoms with Gasteiger partial charge in [0.1, 0.15) is 0 Å². The summed E-state index contributed by atoms with van der Waals surface area (Å²) < 4.78 is 2.49. The second kappa shape index (κ2) is 16.2. The fourth-order valence-electron chi connectivity index (χ4n) is 16.4. The highest BCUT2D eigenvalue weighted by molar-refractivity contribution is 6.13. The zero-order valence-electron chi connectivity index (χ0n) is 44.8. The number of H-pyrrole nitrogens is 1. The topological polar surface area (TPSA) is 20.7 Å². The number of hydrogen-bond donors (Lipinski definition) is 1. The highest BCUT2D eigenvalue weighted by atomic mass is 15.0. The maximum atomic E-state index is 3.61. The molecular weight excluding hydrogens is 989 g/mol. The SMILES string of the molecule is C1=CC2=C(CC1)C1(c3ccccc32)c2ccccc2-c2ccc(-c3ccc4c(c3)c3cc(-c5ccc6c(c5)C5(c7ccccc7-c7ccccc75)c5ccccc5-6)ccc3n4-c3ccc(-c4ccc5[nH]c6ccccc6c5c4)cc3)cc21. The summed E-state index contributed by atoms with van der Waals surface area (Å²) in [4.78, 5) is 3.61. The first-order chi connectivity index (χ1) is 40.6. The van der Waals surface area contributed by atoms with Crippen molar-refractivity contribution in [3.05, 3.63) is 323 Å². The van der Waals surface area contributed by atoms with Crippen molar-refractivity contribution < 1.29 is 0 Å². The van der Waals surface area contributed by atoms with Crippen LogP contribution in [0.5, 0.6) is 0 Å². The minimum Gasteiger partial charge on any atom is -0.355 e. The monoisotopic (exact) mass is 1040 g/mol. The maximum absolute atomic E-state index is 3.61. The van der Waals surface area contributed by atoms with Crippen LogP contribution in [0.25, 0.3) is 122 Å². The van der Waals surface area contributed by atoms with Gasteiger partial charge in [0.2, 0.25) is 0 Å². The predicted octanol–water partition coefficient (Wildman–Crippen LogP) is 20.2. The Morgan fingerprint density at radius 1 is 0.305 bits per heavy atom. The van der Waals surface area contributed by atoms with Crippen molar-refractivity contribution in [1.82, 2.24) is 9.55 Å². The molecule has 2 nitrogen and oxygen atoms in total. The van der Waals surface area contributed by atoms with Gasteiger partial charge in [-0.2, -0.15) is 0 Å². The Kier molecular flexibility index (Phi) is 8.80. The van der Waals surface area contributed by atoms with Crippen LogP contribution < -0.4 is 0 Å². The summed E-state index contributed by atoms with van der Waals surface area (Å²) in [5, 5.41) is 4.97. The van der Waals surface area contributed by atoms with Crippen LogP contribution in [0.3, 0.4) is 0 Å². The molecule has 5 aliphatic carbocycles. The minimum absolute atomic E-state index is 0.334. The second-order valence-corrected chi connectivity index (χ2v) is 23.4. The lowest BCUT2D eigenvalue weighted by atomic mass is 9.68. The molecule has 0 amide bonds. The molecule has 0 aliphatic heterocycles. The zero-order valence-corrected chi connectivity index (χ0v) is 44.8. The Morgan fingerprint density at radius 3 is 1.32 bits per heavy atom. The van der Waals surface area contributed by atoms with E-state index in [2.05, 4.69) is 283 Å². The summed E-state index contributed by atoms with van der Waals surface area (Å²) in [7, 11) is 0. The molecule has 14 aromatic rings. The molecule has 5 aliphatic rings. The standard InChI is InChI=1S/C80H50N2/c1-8-22-67-55(15-1)56-16-2-9-23-68(56)79(67)71-26-12-5-19-59(71)61-38-31-52(46-73(61)79)50-34-41-77-65(44-50)66-45-51(35-42-78(66)82(77)54-36-29-48(30-37-54)49-33-40-76-64(43-49)63-21-7-14-28-75(63)81-76)53-32-39-62-60-20-6-13-27-72(60)80(74(62)47-53)69-24-10-3-17-57(69)58-18-4-11-25-70(58)80/h1-10,12-24,26-47,81H,11,25H2. The van der Waals surface area contributed by atoms with Crippen LogP contribution in [0, 0.1) is 0 Å². The molecule has 2 heterocycles. The molecule has 1 atom stereocenters. The van der Waals surface area contributed by atoms with Crippen LogP contribution in [-0.2, 0) is 10.8 Å². The lowest BCUT2D eigenvalue weighted by molar-refractivity contribution is 0.714. The third kappa shape index (κ3) is 5.64. The third-order valence-electron chi connectivity index (χ3n) is 19.7. The number of aromatic nitrogens is 2. The van der Waals surface area contributed by atoms with Gasteiger partial charge in [0.25, 0.3) is 0 Å². The maximum Gasteiger partial charge on any atom is 0.0725 e. The number of benzene rings is 12. The van der Waals surface area contributed by atoms with Crippen LogP contribution >= 0.6 is 0 Å². The molecule has 2 aromatic heterocycles. The Balaban J connectivity index is 0.803. The number of allylic oxidation sites excluding steroid dienone is 4. The van der Waals surface area contributed by atoms with Crippen LogP contribution in [0.2, 0.25) is 0 Å². The van der Waals surface area contributed by atoms with Crippen LogP contribution in [0.15, 0.2) is 279 Å². The number of aromatic amines is 1. The average molecular weight is 1040 g/mol. The van der Waals surface area contributed by atoms with E-state index in [0.29, 0.717) is 0 Å². The first-order valence-corrected chi connectivity index (χ1v) is 29.0. The number of rotatable bonds is 4. The largest absolute Gasteiger partial charge is 0.355 e. The molecule has 0 radical (unpaired) electrons. The predicted molar refractivity (Wildman–Crippen MR) is 340 cm³/mol. The molecule has 380 valence electrons. The summed E-state index contributed by atoms with van der Waals surface area (Å²) in [6.07, 6.45) is 6.88. The van der Waals surface area contributed by atoms with Crippen molar-refractivity contribution in [1.29, 1.82) is 0 Å². The van der Waals surface area contributed by atoms with E-state index >= 15 is 0 Å². The lowest BCUT2D eigenvalue weighted by Gasteiger charge is -2.33. The Morgan fingerprint density at radius 2 is 0.720 bits per heavy atom. The van der Waals surface area contributed by atoms with Gasteiger partial charge < -0.3 is 9.55 Å². The van der Waals surface area contributed by atoms with Crippen molar-refractivity contribution in [2.24, 2.45) is 0 Å². The zero-order chi connectivity index (χ0) is 53.4. The molecule has 0 bridgehead atoms. The molecule has 0 saturated carbocycles. The van der Waals surface area contributed by atoms with Gasteiger partial charge in [0.05, 0.1) is 21.9 Å². The molecule has 0 saturated heterocycles. The number of nitrogens with one attached hydrogen (secondary N) is 1. The molecule has 2 heteroatoms. The highest BCUT2D eigenvalue weighted by Gasteiger charge is 2.53. The first kappa shape index (κ1) is 44.6. The number of para-hydroxylation sites is 1. The smallest absolute Gasteiger partial charge is 0.0725 e. The summed E-state index contributed by atoms with van der Waals surface area (Å²) in [6, 6.07) is 99.4. The minimum atomic E-state index is -0.417. The molecule has 12 aromatic carbocycles. The van der Waals surface area contributed by atoms with Gasteiger partial charge in [-0.15, -0.1) is 0 Å². The van der Waals surface area contributed by atoms with E-state index in [1.807, 2.05) is 0 Å². The van der Waals surface area contributed by atoms with Gasteiger partial charge >= 0.3 is 0 Å². The highest BCUT2D eigenvalue weighted by Crippen LogP contribution is 2.65. The quantitative estimate of drug-likeness (QED) is 0.181. The van der Waals surface area contributed by atoms with Gasteiger partial charge in [-0.05, 0) is 202 Å². The molecule has 0 fully saturated rings. The summed E-state index contributed by atoms with van der Waals surface area (Å²) >= 11 is 0. The molecule has 1 N–H and O–H groups in total. The van der Waals surface area contributed by atoms with E-state index in [0.717, 1.165) is 29.6 Å². The third-order valence-corrected chi connectivity index (χ3v) is 19.7. The average Bonchev–Trinajstić information content (AvgIpc) is 1.75. The van der Waals surface area contributed by atoms with E-state index < -0.39 is 5.41 Å². The van der Waals surface area contributed by atoms with E-state index in [1.165, 1.54) is 155 Å². The molecular formula is C80H50N2. The van der Waals surface area contributed by atoms with Crippen LogP contribution in [-0.4, -0.2) is 9.55 Å². The fourth-order valence-corrected chi connectivity index (χ4v) is 16.4. The van der Waals surface area contributed by atoms with Crippen molar-refractivity contribution in [3.63, 3.8) is 0 Å². The first-order valence-electron chi connectivity index (χ1n) is 29.0. The van der Waals surface area contributed by atoms with Gasteiger partial charge in [-0.1, -0.05) is 206 Å². The number of nitrogens with zero attached hydrogens (tertiary/aromatic N) is 1. The molecule has 1 unspecified atom stereocenters. The van der Waals surface area contributed by atoms with Crippen molar-refractivity contribution in [2.75, 3.05) is 0 Å². The van der Waals surface area contributed by atoms with E-state index in [1.54, 1.807) is 0 Å². The van der Waals surface area contributed by atoms with E-state index in [9.17, 15) is 0 Å². The van der Waals surface area contributed by atoms with Crippen LogP contribution in [0.1, 0.15) is 57.3 Å². The summed E-state index contributed by atoms with van der Waals surface area (Å²) in [5.74, 6) is 0. The molecule has 82 heavy (non-hydrogen) atoms. The van der Waals surface area contributed by atoms with Gasteiger partial charge in [-0.25, -0.2) is 0 Å². The van der Waals surface area contributed by atoms with Gasteiger partial charge in [-0.3, -0.25) is 0 Å². The lowest BCUT2D eigenvalue weighted by Crippen LogP contribution is -2.27. The normalized spacial score (nSPS) is 16.2. The molecule has 2 spiro atoms. The Labute approximate surface area is 475 Å². The summed E-state index contributed by atoms with van der Waals surface area (Å²) in [6.45, 7) is 0. The number of fused-ring (bicyclic) bond motifs is 25. The van der Waals surface area contributed by atoms with Crippen molar-refractivity contribution in [3.8, 4) is 72.4 Å². The van der Waals surface area contributed by atoms with Crippen molar-refractivity contribution >= 4 is 49.2 Å². The van der Waals surface area contributed by atoms with E-state index in [-0.39, 0.29) is 5.41 Å². The Hall–Kier alpha value is -10.3. The molecule has 19 rings (SSSR count). The van der Waals surface area contributed by atoms with Gasteiger partial charge in [0.15, 0.2) is 0 Å². The summed E-state index contributed by atoms with van der Waals surface area (Å²) in [5.41, 5.74) is 34.3. The van der Waals surface area contributed by atoms with Crippen molar-refractivity contribution in [2.45, 2.75) is 23.7 Å². The van der Waals surface area contributed by atoms with Crippen LogP contribution in [0.4, 0.5) is 0 Å². The Bertz CT molecular complexity index is 5160. The fraction of sp³-hybridized carbons (Fsp3) is 0.0500. The van der Waals surface area contributed by atoms with Gasteiger partial charge in [0, 0.05) is 38.3 Å².